The van der Waals surface area contributed by atoms with Gasteiger partial charge >= 0.3 is 17.9 Å². The molecule has 59 heavy (non-hydrogen) atoms. The molecule has 1 unspecified atom stereocenters. The van der Waals surface area contributed by atoms with E-state index >= 15 is 0 Å². The minimum Gasteiger partial charge on any atom is -0.462 e. The highest BCUT2D eigenvalue weighted by atomic mass is 16.6. The largest absolute Gasteiger partial charge is 0.462 e. The summed E-state index contributed by atoms with van der Waals surface area (Å²) in [5.41, 5.74) is 0. The molecule has 0 aliphatic heterocycles. The maximum absolute atomic E-state index is 12.7. The molecule has 0 N–H and O–H groups in total. The molecule has 0 heterocycles. The molecule has 0 bridgehead atoms. The van der Waals surface area contributed by atoms with Crippen LogP contribution in [0.3, 0.4) is 0 Å². The first-order valence-electron chi connectivity index (χ1n) is 25.8. The van der Waals surface area contributed by atoms with E-state index in [1.54, 1.807) is 0 Å². The molecule has 0 aliphatic carbocycles. The van der Waals surface area contributed by atoms with Crippen molar-refractivity contribution in [1.82, 2.24) is 0 Å². The average Bonchev–Trinajstić information content (AvgIpc) is 3.23. The lowest BCUT2D eigenvalue weighted by atomic mass is 10.0. The number of carbonyl (C=O) groups excluding carboxylic acids is 3. The molecule has 1 atom stereocenters. The smallest absolute Gasteiger partial charge is 0.306 e. The zero-order valence-corrected chi connectivity index (χ0v) is 39.5. The zero-order valence-electron chi connectivity index (χ0n) is 39.5. The molecule has 0 aromatic carbocycles. The first-order chi connectivity index (χ1) is 29.0. The van der Waals surface area contributed by atoms with E-state index in [9.17, 15) is 14.4 Å². The van der Waals surface area contributed by atoms with E-state index < -0.39 is 6.10 Å². The normalized spacial score (nSPS) is 12.1. The highest BCUT2D eigenvalue weighted by Crippen LogP contribution is 2.15. The second-order valence-electron chi connectivity index (χ2n) is 17.4. The Morgan fingerprint density at radius 3 is 0.932 bits per heavy atom. The van der Waals surface area contributed by atoms with Gasteiger partial charge in [-0.25, -0.2) is 0 Å². The van der Waals surface area contributed by atoms with Crippen LogP contribution in [0.15, 0.2) is 24.3 Å². The highest BCUT2D eigenvalue weighted by molar-refractivity contribution is 5.71. The van der Waals surface area contributed by atoms with Crippen molar-refractivity contribution in [2.45, 2.75) is 284 Å². The molecule has 6 nitrogen and oxygen atoms in total. The monoisotopic (exact) mass is 831 g/mol. The Kier molecular flexibility index (Phi) is 46.8. The number of allylic oxidation sites excluding steroid dienone is 4. The van der Waals surface area contributed by atoms with Crippen LogP contribution >= 0.6 is 0 Å². The molecule has 0 aliphatic rings. The van der Waals surface area contributed by atoms with Crippen LogP contribution in [-0.4, -0.2) is 37.2 Å². The van der Waals surface area contributed by atoms with E-state index in [1.807, 2.05) is 0 Å². The van der Waals surface area contributed by atoms with Crippen LogP contribution in [0.25, 0.3) is 0 Å². The summed E-state index contributed by atoms with van der Waals surface area (Å²) in [5.74, 6) is -0.866. The first-order valence-corrected chi connectivity index (χ1v) is 25.8. The van der Waals surface area contributed by atoms with Crippen LogP contribution in [0, 0.1) is 0 Å². The number of hydrogen-bond donors (Lipinski definition) is 0. The third-order valence-electron chi connectivity index (χ3n) is 11.5. The van der Waals surface area contributed by atoms with Gasteiger partial charge in [0.15, 0.2) is 6.10 Å². The first kappa shape index (κ1) is 56.9. The summed E-state index contributed by atoms with van der Waals surface area (Å²) in [4.78, 5) is 37.8. The molecule has 0 saturated carbocycles. The summed E-state index contributed by atoms with van der Waals surface area (Å²) in [7, 11) is 0. The van der Waals surface area contributed by atoms with Crippen LogP contribution in [0.4, 0.5) is 0 Å². The second kappa shape index (κ2) is 48.6. The van der Waals surface area contributed by atoms with Gasteiger partial charge in [-0.15, -0.1) is 0 Å². The molecule has 0 aromatic heterocycles. The van der Waals surface area contributed by atoms with E-state index in [0.717, 1.165) is 64.2 Å². The maximum atomic E-state index is 12.7. The molecule has 0 rings (SSSR count). The van der Waals surface area contributed by atoms with Gasteiger partial charge in [0.1, 0.15) is 13.2 Å². The number of esters is 3. The molecule has 346 valence electrons. The van der Waals surface area contributed by atoms with E-state index in [0.29, 0.717) is 19.3 Å². The molecule has 0 aromatic rings. The molecular weight excluding hydrogens is 733 g/mol. The summed E-state index contributed by atoms with van der Waals surface area (Å²) < 4.78 is 16.7. The Morgan fingerprint density at radius 2 is 0.610 bits per heavy atom. The van der Waals surface area contributed by atoms with E-state index in [-0.39, 0.29) is 31.1 Å². The van der Waals surface area contributed by atoms with Gasteiger partial charge in [-0.2, -0.15) is 0 Å². The lowest BCUT2D eigenvalue weighted by Crippen LogP contribution is -2.30. The summed E-state index contributed by atoms with van der Waals surface area (Å²) in [6, 6.07) is 0. The molecular formula is C53H98O6. The van der Waals surface area contributed by atoms with Gasteiger partial charge < -0.3 is 14.2 Å². The summed E-state index contributed by atoms with van der Waals surface area (Å²) in [5, 5.41) is 0. The summed E-state index contributed by atoms with van der Waals surface area (Å²) >= 11 is 0. The molecule has 0 amide bonds. The van der Waals surface area contributed by atoms with Crippen LogP contribution in [-0.2, 0) is 28.6 Å². The number of carbonyl (C=O) groups is 3. The molecule has 0 saturated heterocycles. The quantitative estimate of drug-likeness (QED) is 0.0263. The van der Waals surface area contributed by atoms with Gasteiger partial charge in [0.2, 0.25) is 0 Å². The van der Waals surface area contributed by atoms with Crippen molar-refractivity contribution < 1.29 is 28.6 Å². The Bertz CT molecular complexity index is 958. The fraction of sp³-hybridized carbons (Fsp3) is 0.868. The Balaban J connectivity index is 4.20. The Hall–Kier alpha value is -2.11. The van der Waals surface area contributed by atoms with E-state index in [2.05, 4.69) is 45.1 Å². The van der Waals surface area contributed by atoms with Crippen molar-refractivity contribution in [3.63, 3.8) is 0 Å². The number of hydrogen-bond acceptors (Lipinski definition) is 6. The lowest BCUT2D eigenvalue weighted by Gasteiger charge is -2.18. The van der Waals surface area contributed by atoms with Crippen LogP contribution in [0.1, 0.15) is 278 Å². The van der Waals surface area contributed by atoms with Crippen LogP contribution < -0.4 is 0 Å². The molecule has 0 fully saturated rings. The van der Waals surface area contributed by atoms with Gasteiger partial charge in [-0.3, -0.25) is 14.4 Å². The molecule has 0 spiro atoms. The van der Waals surface area contributed by atoms with Gasteiger partial charge in [0.25, 0.3) is 0 Å². The van der Waals surface area contributed by atoms with Crippen molar-refractivity contribution in [2.75, 3.05) is 13.2 Å². The van der Waals surface area contributed by atoms with Crippen molar-refractivity contribution in [3.05, 3.63) is 24.3 Å². The van der Waals surface area contributed by atoms with Crippen LogP contribution in [0.5, 0.6) is 0 Å². The van der Waals surface area contributed by atoms with Gasteiger partial charge in [0, 0.05) is 19.3 Å². The molecule has 0 radical (unpaired) electrons. The SMILES string of the molecule is CCCCCCC/C=C\C/C=C\CCCCCCCCCCCC(=O)OCC(COC(=O)CCCCCCCCCC)OC(=O)CCCCCCCCCCCCCC. The fourth-order valence-corrected chi connectivity index (χ4v) is 7.53. The summed E-state index contributed by atoms with van der Waals surface area (Å²) in [6.45, 7) is 6.61. The van der Waals surface area contributed by atoms with Gasteiger partial charge in [-0.05, 0) is 51.4 Å². The predicted octanol–water partition coefficient (Wildman–Crippen LogP) is 16.8. The lowest BCUT2D eigenvalue weighted by molar-refractivity contribution is -0.167. The second-order valence-corrected chi connectivity index (χ2v) is 17.4. The van der Waals surface area contributed by atoms with Crippen molar-refractivity contribution in [1.29, 1.82) is 0 Å². The van der Waals surface area contributed by atoms with Gasteiger partial charge in [0.05, 0.1) is 0 Å². The number of ether oxygens (including phenoxy) is 3. The van der Waals surface area contributed by atoms with E-state index in [4.69, 9.17) is 14.2 Å². The van der Waals surface area contributed by atoms with Crippen molar-refractivity contribution in [3.8, 4) is 0 Å². The minimum absolute atomic E-state index is 0.0685. The zero-order chi connectivity index (χ0) is 43.0. The van der Waals surface area contributed by atoms with Crippen molar-refractivity contribution in [2.24, 2.45) is 0 Å². The molecule has 6 heteroatoms. The highest BCUT2D eigenvalue weighted by Gasteiger charge is 2.19. The van der Waals surface area contributed by atoms with E-state index in [1.165, 1.54) is 173 Å². The number of unbranched alkanes of at least 4 members (excludes halogenated alkanes) is 32. The third kappa shape index (κ3) is 46.8. The van der Waals surface area contributed by atoms with Crippen LogP contribution in [0.2, 0.25) is 0 Å². The topological polar surface area (TPSA) is 78.9 Å². The standard InChI is InChI=1S/C53H98O6/c1-4-7-10-13-16-19-21-23-24-25-26-27-28-29-30-31-33-34-37-40-43-46-52(55)58-49-50(48-57-51(54)45-42-39-36-18-15-12-9-6-3)59-53(56)47-44-41-38-35-32-22-20-17-14-11-8-5-2/h21,23,25-26,50H,4-20,22,24,27-49H2,1-3H3/b23-21-,26-25-. The predicted molar refractivity (Wildman–Crippen MR) is 252 cm³/mol. The fourth-order valence-electron chi connectivity index (χ4n) is 7.53. The summed E-state index contributed by atoms with van der Waals surface area (Å²) in [6.07, 6.45) is 54.6. The average molecular weight is 831 g/mol. The van der Waals surface area contributed by atoms with Gasteiger partial charge in [-0.1, -0.05) is 231 Å². The Labute approximate surface area is 366 Å². The van der Waals surface area contributed by atoms with Crippen molar-refractivity contribution >= 4 is 17.9 Å². The third-order valence-corrected chi connectivity index (χ3v) is 11.5. The number of rotatable bonds is 47. The maximum Gasteiger partial charge on any atom is 0.306 e. The minimum atomic E-state index is -0.765. The Morgan fingerprint density at radius 1 is 0.339 bits per heavy atom.